The number of rotatable bonds is 5. The van der Waals surface area contributed by atoms with Gasteiger partial charge in [0.05, 0.1) is 24.4 Å². The smallest absolute Gasteiger partial charge is 0.350 e. The number of benzene rings is 1. The molecule has 4 rings (SSSR count). The molecule has 1 unspecified atom stereocenters. The summed E-state index contributed by atoms with van der Waals surface area (Å²) in [5.41, 5.74) is 1.84. The fraction of sp³-hybridized carbons (Fsp3) is 0.308. The number of furan rings is 1. The number of ether oxygens (including phenoxy) is 1. The molecule has 0 aliphatic carbocycles. The summed E-state index contributed by atoms with van der Waals surface area (Å²) in [6.07, 6.45) is 0. The molecule has 8 nitrogen and oxygen atoms in total. The summed E-state index contributed by atoms with van der Waals surface area (Å²) in [6.45, 7) is 9.58. The Morgan fingerprint density at radius 2 is 1.77 bits per heavy atom. The van der Waals surface area contributed by atoms with E-state index in [0.29, 0.717) is 17.0 Å². The maximum atomic E-state index is 13.4. The Morgan fingerprint density at radius 1 is 1.11 bits per heavy atom. The fourth-order valence-electron chi connectivity index (χ4n) is 3.97. The minimum atomic E-state index is -0.967. The average molecular weight is 495 g/mol. The summed E-state index contributed by atoms with van der Waals surface area (Å²) in [6, 6.07) is 9.69. The first-order valence-corrected chi connectivity index (χ1v) is 11.8. The van der Waals surface area contributed by atoms with Gasteiger partial charge in [-0.2, -0.15) is 0 Å². The molecule has 1 atom stereocenters. The lowest BCUT2D eigenvalue weighted by Crippen LogP contribution is -2.31. The second-order valence-electron chi connectivity index (χ2n) is 9.35. The van der Waals surface area contributed by atoms with Crippen LogP contribution in [0.5, 0.6) is 0 Å². The van der Waals surface area contributed by atoms with Gasteiger partial charge in [0.2, 0.25) is 5.78 Å². The van der Waals surface area contributed by atoms with Gasteiger partial charge >= 0.3 is 5.97 Å². The first kappa shape index (κ1) is 24.4. The molecule has 2 aromatic heterocycles. The Labute approximate surface area is 206 Å². The van der Waals surface area contributed by atoms with Crippen molar-refractivity contribution < 1.29 is 28.6 Å². The van der Waals surface area contributed by atoms with Crippen molar-refractivity contribution in [1.29, 1.82) is 0 Å². The molecule has 3 aromatic rings. The molecule has 1 amide bonds. The number of thiazole rings is 1. The minimum Gasteiger partial charge on any atom is -0.503 e. The lowest BCUT2D eigenvalue weighted by molar-refractivity contribution is -0.117. The highest BCUT2D eigenvalue weighted by atomic mass is 32.1. The number of aliphatic hydroxyl groups is 1. The molecule has 1 aliphatic heterocycles. The summed E-state index contributed by atoms with van der Waals surface area (Å²) < 4.78 is 10.3. The first-order valence-electron chi connectivity index (χ1n) is 11.0. The van der Waals surface area contributed by atoms with E-state index in [-0.39, 0.29) is 26.8 Å². The van der Waals surface area contributed by atoms with Crippen LogP contribution in [0.15, 0.2) is 52.1 Å². The Hall–Kier alpha value is -3.72. The molecular formula is C26H26N2O6S. The number of Topliss-reactive ketones (excluding diaryl/α,β-unsaturated/α-hetero) is 1. The van der Waals surface area contributed by atoms with Crippen LogP contribution in [-0.4, -0.2) is 34.9 Å². The molecule has 35 heavy (non-hydrogen) atoms. The Bertz CT molecular complexity index is 1360. The predicted molar refractivity (Wildman–Crippen MR) is 131 cm³/mol. The largest absolute Gasteiger partial charge is 0.503 e. The van der Waals surface area contributed by atoms with Crippen LogP contribution in [0, 0.1) is 13.8 Å². The third kappa shape index (κ3) is 4.27. The van der Waals surface area contributed by atoms with Gasteiger partial charge in [-0.25, -0.2) is 9.78 Å². The molecule has 9 heteroatoms. The summed E-state index contributed by atoms with van der Waals surface area (Å²) in [5, 5.41) is 11.1. The normalized spacial score (nSPS) is 16.2. The third-order valence-corrected chi connectivity index (χ3v) is 7.01. The number of amides is 1. The van der Waals surface area contributed by atoms with Crippen molar-refractivity contribution in [2.24, 2.45) is 0 Å². The highest BCUT2D eigenvalue weighted by Gasteiger charge is 2.47. The van der Waals surface area contributed by atoms with Crippen molar-refractivity contribution in [3.63, 3.8) is 0 Å². The van der Waals surface area contributed by atoms with Crippen LogP contribution < -0.4 is 4.90 Å². The molecule has 0 radical (unpaired) electrons. The van der Waals surface area contributed by atoms with E-state index in [0.717, 1.165) is 16.9 Å². The molecule has 0 saturated carbocycles. The zero-order valence-electron chi connectivity index (χ0n) is 20.3. The summed E-state index contributed by atoms with van der Waals surface area (Å²) >= 11 is 0.962. The number of aliphatic hydroxyl groups excluding tert-OH is 1. The number of hydrogen-bond acceptors (Lipinski definition) is 8. The molecule has 1 aromatic carbocycles. The zero-order chi connectivity index (χ0) is 25.7. The van der Waals surface area contributed by atoms with Gasteiger partial charge in [0.25, 0.3) is 5.91 Å². The van der Waals surface area contributed by atoms with Gasteiger partial charge in [0, 0.05) is 0 Å². The Balaban J connectivity index is 1.87. The van der Waals surface area contributed by atoms with Crippen molar-refractivity contribution in [2.45, 2.75) is 46.1 Å². The molecule has 182 valence electrons. The molecule has 1 N–H and O–H groups in total. The third-order valence-electron chi connectivity index (χ3n) is 5.87. The van der Waals surface area contributed by atoms with Crippen LogP contribution in [0.25, 0.3) is 0 Å². The summed E-state index contributed by atoms with van der Waals surface area (Å²) in [5.74, 6) is -2.10. The number of aromatic nitrogens is 1. The van der Waals surface area contributed by atoms with Crippen molar-refractivity contribution in [3.8, 4) is 0 Å². The SMILES string of the molecule is COC(=O)c1sc(N2C(=O)C(O)=C(C(=O)c3ccc(C)o3)C2c2ccc(C(C)(C)C)cc2)nc1C. The molecule has 0 spiro atoms. The molecule has 3 heterocycles. The molecule has 0 bridgehead atoms. The number of aryl methyl sites for hydroxylation is 2. The highest BCUT2D eigenvalue weighted by Crippen LogP contribution is 2.44. The van der Waals surface area contributed by atoms with Crippen LogP contribution in [0.1, 0.15) is 69.6 Å². The van der Waals surface area contributed by atoms with E-state index in [9.17, 15) is 19.5 Å². The van der Waals surface area contributed by atoms with E-state index in [1.54, 1.807) is 19.9 Å². The minimum absolute atomic E-state index is 0.0144. The van der Waals surface area contributed by atoms with E-state index in [4.69, 9.17) is 9.15 Å². The zero-order valence-corrected chi connectivity index (χ0v) is 21.1. The van der Waals surface area contributed by atoms with Crippen LogP contribution >= 0.6 is 11.3 Å². The molecule has 1 aliphatic rings. The maximum absolute atomic E-state index is 13.4. The van der Waals surface area contributed by atoms with Gasteiger partial charge < -0.3 is 14.3 Å². The van der Waals surface area contributed by atoms with Crippen molar-refractivity contribution in [2.75, 3.05) is 12.0 Å². The quantitative estimate of drug-likeness (QED) is 0.382. The van der Waals surface area contributed by atoms with E-state index in [1.807, 2.05) is 24.3 Å². The van der Waals surface area contributed by atoms with E-state index in [1.165, 1.54) is 18.1 Å². The first-order chi connectivity index (χ1) is 16.4. The maximum Gasteiger partial charge on any atom is 0.350 e. The van der Waals surface area contributed by atoms with Gasteiger partial charge in [-0.05, 0) is 42.5 Å². The van der Waals surface area contributed by atoms with Crippen LogP contribution in [-0.2, 0) is 14.9 Å². The summed E-state index contributed by atoms with van der Waals surface area (Å²) in [7, 11) is 1.26. The van der Waals surface area contributed by atoms with Crippen LogP contribution in [0.3, 0.4) is 0 Å². The number of ketones is 1. The number of nitrogens with zero attached hydrogens (tertiary/aromatic N) is 2. The van der Waals surface area contributed by atoms with E-state index in [2.05, 4.69) is 25.8 Å². The lowest BCUT2D eigenvalue weighted by Gasteiger charge is -2.25. The van der Waals surface area contributed by atoms with E-state index < -0.39 is 29.5 Å². The summed E-state index contributed by atoms with van der Waals surface area (Å²) in [4.78, 5) is 44.8. The van der Waals surface area contributed by atoms with Crippen molar-refractivity contribution in [3.05, 3.63) is 80.9 Å². The lowest BCUT2D eigenvalue weighted by atomic mass is 9.85. The monoisotopic (exact) mass is 494 g/mol. The van der Waals surface area contributed by atoms with E-state index >= 15 is 0 Å². The van der Waals surface area contributed by atoms with Crippen LogP contribution in [0.2, 0.25) is 0 Å². The van der Waals surface area contributed by atoms with Crippen LogP contribution in [0.4, 0.5) is 5.13 Å². The number of carbonyl (C=O) groups excluding carboxylic acids is 3. The number of methoxy groups -OCH3 is 1. The molecule has 0 saturated heterocycles. The number of carbonyl (C=O) groups is 3. The molecular weight excluding hydrogens is 468 g/mol. The van der Waals surface area contributed by atoms with Gasteiger partial charge in [-0.15, -0.1) is 0 Å². The Kier molecular flexibility index (Phi) is 6.14. The predicted octanol–water partition coefficient (Wildman–Crippen LogP) is 5.22. The van der Waals surface area contributed by atoms with Gasteiger partial charge in [0.1, 0.15) is 10.6 Å². The van der Waals surface area contributed by atoms with Crippen molar-refractivity contribution >= 4 is 34.1 Å². The van der Waals surface area contributed by atoms with Gasteiger partial charge in [-0.1, -0.05) is 56.4 Å². The number of esters is 1. The average Bonchev–Trinajstić information content (AvgIpc) is 3.48. The number of anilines is 1. The second kappa shape index (κ2) is 8.81. The molecule has 0 fully saturated rings. The second-order valence-corrected chi connectivity index (χ2v) is 10.3. The fourth-order valence-corrected chi connectivity index (χ4v) is 4.98. The topological polar surface area (TPSA) is 110 Å². The highest BCUT2D eigenvalue weighted by molar-refractivity contribution is 7.17. The van der Waals surface area contributed by atoms with Gasteiger partial charge in [0.15, 0.2) is 16.7 Å². The number of hydrogen-bond donors (Lipinski definition) is 1. The Morgan fingerprint density at radius 3 is 2.31 bits per heavy atom. The van der Waals surface area contributed by atoms with Crippen molar-refractivity contribution in [1.82, 2.24) is 4.98 Å². The standard InChI is InChI=1S/C26H26N2O6S/c1-13-7-12-17(34-13)20(29)18-19(15-8-10-16(11-9-15)26(3,4)5)28(23(31)21(18)30)25-27-14(2)22(35-25)24(32)33-6/h7-12,19,30H,1-6H3. The van der Waals surface area contributed by atoms with Gasteiger partial charge in [-0.3, -0.25) is 14.5 Å².